The number of nitrogens with two attached hydrogens (primary N) is 1. The van der Waals surface area contributed by atoms with E-state index in [-0.39, 0.29) is 11.0 Å². The van der Waals surface area contributed by atoms with Crippen LogP contribution in [0.15, 0.2) is 116 Å². The molecule has 0 spiro atoms. The molecule has 270 valence electrons. The molecule has 0 saturated carbocycles. The van der Waals surface area contributed by atoms with Crippen molar-refractivity contribution < 1.29 is 0 Å². The maximum atomic E-state index is 6.61. The molecular formula is C49H59N3. The number of fused-ring (bicyclic) bond motifs is 6. The van der Waals surface area contributed by atoms with Crippen molar-refractivity contribution in [3.63, 3.8) is 0 Å². The van der Waals surface area contributed by atoms with Crippen LogP contribution in [0.3, 0.4) is 0 Å². The second-order valence-corrected chi connectivity index (χ2v) is 16.4. The minimum atomic E-state index is -0.266. The third-order valence-corrected chi connectivity index (χ3v) is 11.5. The Hall–Kier alpha value is -4.44. The zero-order valence-corrected chi connectivity index (χ0v) is 32.8. The van der Waals surface area contributed by atoms with E-state index in [0.717, 1.165) is 25.1 Å². The lowest BCUT2D eigenvalue weighted by atomic mass is 9.73. The van der Waals surface area contributed by atoms with Gasteiger partial charge >= 0.3 is 0 Å². The van der Waals surface area contributed by atoms with Gasteiger partial charge in [0.2, 0.25) is 0 Å². The van der Waals surface area contributed by atoms with Crippen molar-refractivity contribution >= 4 is 11.3 Å². The summed E-state index contributed by atoms with van der Waals surface area (Å²) in [5, 5.41) is 3.52. The highest BCUT2D eigenvalue weighted by molar-refractivity contribution is 5.77. The van der Waals surface area contributed by atoms with Crippen molar-refractivity contribution in [3.8, 4) is 22.3 Å². The van der Waals surface area contributed by atoms with Gasteiger partial charge in [0, 0.05) is 29.7 Å². The Bertz CT molecular complexity index is 2010. The summed E-state index contributed by atoms with van der Waals surface area (Å²) in [5.41, 5.74) is 23.6. The molecule has 7 rings (SSSR count). The van der Waals surface area contributed by atoms with Crippen LogP contribution in [0.4, 0.5) is 5.69 Å². The molecule has 0 amide bonds. The number of hydrogen-bond acceptors (Lipinski definition) is 3. The minimum Gasteiger partial charge on any atom is -0.381 e. The average Bonchev–Trinajstić information content (AvgIpc) is 3.55. The number of para-hydroxylation sites is 1. The lowest BCUT2D eigenvalue weighted by Crippen LogP contribution is -2.33. The Balaban J connectivity index is 0.000000180. The smallest absolute Gasteiger partial charge is 0.0420 e. The Labute approximate surface area is 314 Å². The van der Waals surface area contributed by atoms with Gasteiger partial charge in [0.1, 0.15) is 0 Å². The number of anilines is 1. The third kappa shape index (κ3) is 7.82. The molecule has 2 aliphatic rings. The molecule has 1 saturated heterocycles. The monoisotopic (exact) mass is 689 g/mol. The zero-order valence-electron chi connectivity index (χ0n) is 32.8. The number of likely N-dealkylation sites (N-methyl/N-ethyl adjacent to an activating group) is 1. The summed E-state index contributed by atoms with van der Waals surface area (Å²) < 4.78 is 0. The van der Waals surface area contributed by atoms with Crippen molar-refractivity contribution in [3.05, 3.63) is 155 Å². The number of aryl methyl sites for hydroxylation is 1. The van der Waals surface area contributed by atoms with E-state index < -0.39 is 0 Å². The predicted molar refractivity (Wildman–Crippen MR) is 225 cm³/mol. The van der Waals surface area contributed by atoms with Crippen LogP contribution < -0.4 is 11.1 Å². The van der Waals surface area contributed by atoms with Gasteiger partial charge in [-0.15, -0.1) is 0 Å². The van der Waals surface area contributed by atoms with E-state index in [1.165, 1.54) is 79.7 Å². The van der Waals surface area contributed by atoms with Crippen LogP contribution in [0.2, 0.25) is 0 Å². The van der Waals surface area contributed by atoms with Crippen molar-refractivity contribution in [1.29, 1.82) is 0 Å². The summed E-state index contributed by atoms with van der Waals surface area (Å²) >= 11 is 0. The second-order valence-electron chi connectivity index (χ2n) is 16.4. The quantitative estimate of drug-likeness (QED) is 0.170. The third-order valence-electron chi connectivity index (χ3n) is 11.5. The van der Waals surface area contributed by atoms with E-state index in [1.807, 2.05) is 6.07 Å². The summed E-state index contributed by atoms with van der Waals surface area (Å²) in [5.74, 6) is 0.610. The molecule has 0 bridgehead atoms. The summed E-state index contributed by atoms with van der Waals surface area (Å²) in [6, 6.07) is 40.4. The number of nitrogens with one attached hydrogen (secondary N) is 1. The number of benzene rings is 5. The molecule has 3 unspecified atom stereocenters. The normalized spacial score (nSPS) is 17.6. The topological polar surface area (TPSA) is 41.3 Å². The van der Waals surface area contributed by atoms with Gasteiger partial charge in [-0.3, -0.25) is 4.90 Å². The van der Waals surface area contributed by atoms with Gasteiger partial charge in [-0.25, -0.2) is 0 Å². The molecule has 1 aliphatic carbocycles. The maximum absolute atomic E-state index is 6.61. The molecule has 0 aromatic heterocycles. The van der Waals surface area contributed by atoms with Crippen LogP contribution >= 0.6 is 0 Å². The van der Waals surface area contributed by atoms with Crippen LogP contribution in [0.5, 0.6) is 0 Å². The van der Waals surface area contributed by atoms with Crippen LogP contribution in [0, 0.1) is 6.92 Å². The highest BCUT2D eigenvalue weighted by atomic mass is 15.2. The number of allylic oxidation sites excluding steroid dienone is 1. The van der Waals surface area contributed by atoms with Gasteiger partial charge in [-0.05, 0) is 155 Å². The van der Waals surface area contributed by atoms with E-state index in [9.17, 15) is 0 Å². The summed E-state index contributed by atoms with van der Waals surface area (Å²) in [7, 11) is 2.27. The molecule has 3 nitrogen and oxygen atoms in total. The Kier molecular flexibility index (Phi) is 11.0. The molecule has 5 aromatic rings. The Morgan fingerprint density at radius 2 is 1.50 bits per heavy atom. The van der Waals surface area contributed by atoms with Crippen molar-refractivity contribution in [2.75, 3.05) is 18.9 Å². The van der Waals surface area contributed by atoms with Gasteiger partial charge < -0.3 is 11.1 Å². The fraction of sp³-hybridized carbons (Fsp3) is 0.347. The first-order chi connectivity index (χ1) is 24.8. The summed E-state index contributed by atoms with van der Waals surface area (Å²) in [6.45, 7) is 21.7. The van der Waals surface area contributed by atoms with Crippen molar-refractivity contribution in [2.24, 2.45) is 5.73 Å². The maximum Gasteiger partial charge on any atom is 0.0420 e. The molecule has 5 aromatic carbocycles. The lowest BCUT2D eigenvalue weighted by molar-refractivity contribution is 0.302. The molecule has 1 fully saturated rings. The van der Waals surface area contributed by atoms with Crippen LogP contribution in [-0.4, -0.2) is 18.5 Å². The summed E-state index contributed by atoms with van der Waals surface area (Å²) in [6.07, 6.45) is 3.15. The van der Waals surface area contributed by atoms with E-state index in [0.29, 0.717) is 12.0 Å². The molecule has 1 aliphatic heterocycles. The van der Waals surface area contributed by atoms with Gasteiger partial charge in [-0.2, -0.15) is 0 Å². The molecule has 0 radical (unpaired) electrons. The van der Waals surface area contributed by atoms with Crippen LogP contribution in [-0.2, 0) is 17.5 Å². The molecule has 3 heteroatoms. The van der Waals surface area contributed by atoms with E-state index in [2.05, 4.69) is 175 Å². The second kappa shape index (κ2) is 15.3. The standard InChI is InChI=1S/C27H31N.C22H28N2/c1-6-20(2)23-16-21(19-28-26-10-8-7-9-11-26)17-24(18-23)22-12-14-25(15-13-22)27(3,4)5;1-5-22(3,23)20-13-19-15-8-6-7-9-16(15)21-17(10-11-24(21)4)18(19)12-14(20)2/h7-18,28H,2,6,19H2,1,3-5H3;6-9,12-13,17,21H,5,10-11,23H2,1-4H3. The molecule has 3 N–H and O–H groups in total. The molecule has 1 heterocycles. The van der Waals surface area contributed by atoms with Gasteiger partial charge in [0.05, 0.1) is 0 Å². The number of nitrogens with zero attached hydrogens (tertiary/aromatic N) is 1. The van der Waals surface area contributed by atoms with Crippen LogP contribution in [0.1, 0.15) is 112 Å². The van der Waals surface area contributed by atoms with E-state index in [1.54, 1.807) is 0 Å². The highest BCUT2D eigenvalue weighted by Gasteiger charge is 2.40. The van der Waals surface area contributed by atoms with Crippen molar-refractivity contribution in [1.82, 2.24) is 4.90 Å². The number of likely N-dealkylation sites (tertiary alicyclic amines) is 1. The van der Waals surface area contributed by atoms with E-state index >= 15 is 0 Å². The molecular weight excluding hydrogens is 631 g/mol. The number of hydrogen-bond donors (Lipinski definition) is 2. The van der Waals surface area contributed by atoms with E-state index in [4.69, 9.17) is 5.73 Å². The zero-order chi connectivity index (χ0) is 37.2. The molecule has 3 atom stereocenters. The Morgan fingerprint density at radius 1 is 0.808 bits per heavy atom. The van der Waals surface area contributed by atoms with Gasteiger partial charge in [-0.1, -0.05) is 114 Å². The largest absolute Gasteiger partial charge is 0.381 e. The first-order valence-corrected chi connectivity index (χ1v) is 19.3. The first-order valence-electron chi connectivity index (χ1n) is 19.3. The first kappa shape index (κ1) is 37.3. The SMILES string of the molecule is C=C(CC)c1cc(CNc2ccccc2)cc(-c2ccc(C(C)(C)C)cc2)c1.CCC(C)(N)c1cc2c(cc1C)C1CCN(C)C1c1ccccc1-2. The minimum absolute atomic E-state index is 0.168. The fourth-order valence-electron chi connectivity index (χ4n) is 8.09. The van der Waals surface area contributed by atoms with Crippen molar-refractivity contribution in [2.45, 2.75) is 97.2 Å². The fourth-order valence-corrected chi connectivity index (χ4v) is 8.09. The van der Waals surface area contributed by atoms with Crippen LogP contribution in [0.25, 0.3) is 27.8 Å². The van der Waals surface area contributed by atoms with Gasteiger partial charge in [0.25, 0.3) is 0 Å². The highest BCUT2D eigenvalue weighted by Crippen LogP contribution is 2.53. The average molecular weight is 690 g/mol. The lowest BCUT2D eigenvalue weighted by Gasteiger charge is -2.36. The summed E-state index contributed by atoms with van der Waals surface area (Å²) in [4.78, 5) is 2.52. The molecule has 52 heavy (non-hydrogen) atoms. The Morgan fingerprint density at radius 3 is 2.17 bits per heavy atom. The predicted octanol–water partition coefficient (Wildman–Crippen LogP) is 12.4. The van der Waals surface area contributed by atoms with Gasteiger partial charge in [0.15, 0.2) is 0 Å². The number of rotatable bonds is 8.